The number of aromatic nitrogens is 2. The fraction of sp³-hybridized carbons (Fsp3) is 0.727. The zero-order valence-electron chi connectivity index (χ0n) is 11.9. The summed E-state index contributed by atoms with van der Waals surface area (Å²) < 4.78 is 26.9. The second-order valence-electron chi connectivity index (χ2n) is 4.61. The van der Waals surface area contributed by atoms with Gasteiger partial charge in [-0.05, 0) is 27.6 Å². The Hall–Kier alpha value is -0.960. The highest BCUT2D eigenvalue weighted by Gasteiger charge is 2.22. The smallest absolute Gasteiger partial charge is 0.260 e. The van der Waals surface area contributed by atoms with Crippen molar-refractivity contribution in [2.75, 3.05) is 33.7 Å². The van der Waals surface area contributed by atoms with Crippen molar-refractivity contribution in [1.29, 1.82) is 0 Å². The fourth-order valence-corrected chi connectivity index (χ4v) is 2.79. The molecule has 0 atom stereocenters. The normalized spacial score (nSPS) is 12.3. The first-order valence-electron chi connectivity index (χ1n) is 6.27. The van der Waals surface area contributed by atoms with Crippen LogP contribution in [-0.2, 0) is 16.6 Å². The summed E-state index contributed by atoms with van der Waals surface area (Å²) in [6.45, 7) is 6.06. The summed E-state index contributed by atoms with van der Waals surface area (Å²) in [6.07, 6.45) is 0. The van der Waals surface area contributed by atoms with Gasteiger partial charge in [-0.1, -0.05) is 6.92 Å². The van der Waals surface area contributed by atoms with Crippen molar-refractivity contribution in [3.8, 4) is 0 Å². The van der Waals surface area contributed by atoms with Crippen LogP contribution in [0.25, 0.3) is 0 Å². The van der Waals surface area contributed by atoms with E-state index in [0.29, 0.717) is 25.2 Å². The van der Waals surface area contributed by atoms with Crippen molar-refractivity contribution in [1.82, 2.24) is 25.1 Å². The first kappa shape index (κ1) is 16.1. The van der Waals surface area contributed by atoms with Crippen LogP contribution in [0.5, 0.6) is 0 Å². The lowest BCUT2D eigenvalue weighted by Crippen LogP contribution is -2.32. The quantitative estimate of drug-likeness (QED) is 0.609. The summed E-state index contributed by atoms with van der Waals surface area (Å²) in [4.78, 5) is 1.91. The Morgan fingerprint density at radius 2 is 2.05 bits per heavy atom. The summed E-state index contributed by atoms with van der Waals surface area (Å²) in [5, 5.41) is 9.85. The third-order valence-electron chi connectivity index (χ3n) is 2.69. The van der Waals surface area contributed by atoms with E-state index in [4.69, 9.17) is 0 Å². The molecule has 7 nitrogen and oxygen atoms in total. The molecule has 0 saturated carbocycles. The third kappa shape index (κ3) is 4.57. The van der Waals surface area contributed by atoms with E-state index in [9.17, 15) is 8.42 Å². The lowest BCUT2D eigenvalue weighted by Gasteiger charge is -2.11. The van der Waals surface area contributed by atoms with Crippen molar-refractivity contribution in [2.24, 2.45) is 0 Å². The average molecular weight is 289 g/mol. The molecule has 0 aliphatic carbocycles. The average Bonchev–Trinajstić information content (AvgIpc) is 2.68. The summed E-state index contributed by atoms with van der Waals surface area (Å²) >= 11 is 0. The van der Waals surface area contributed by atoms with E-state index in [1.807, 2.05) is 32.8 Å². The molecule has 1 aromatic rings. The Morgan fingerprint density at radius 1 is 1.37 bits per heavy atom. The zero-order valence-corrected chi connectivity index (χ0v) is 12.8. The van der Waals surface area contributed by atoms with Crippen LogP contribution in [0.1, 0.15) is 18.2 Å². The van der Waals surface area contributed by atoms with Crippen molar-refractivity contribution < 1.29 is 8.42 Å². The predicted octanol–water partition coefficient (Wildman–Crippen LogP) is -0.332. The highest BCUT2D eigenvalue weighted by molar-refractivity contribution is 7.89. The van der Waals surface area contributed by atoms with E-state index in [-0.39, 0.29) is 5.03 Å². The topological polar surface area (TPSA) is 90.1 Å². The van der Waals surface area contributed by atoms with Crippen LogP contribution >= 0.6 is 0 Å². The van der Waals surface area contributed by atoms with E-state index in [1.54, 1.807) is 0 Å². The molecule has 0 unspecified atom stereocenters. The molecule has 0 aliphatic heterocycles. The fourth-order valence-electron chi connectivity index (χ4n) is 1.58. The molecule has 0 aromatic carbocycles. The number of hydrogen-bond donors (Lipinski definition) is 3. The molecule has 19 heavy (non-hydrogen) atoms. The molecule has 3 N–H and O–H groups in total. The number of likely N-dealkylation sites (N-methyl/N-ethyl adjacent to an activating group) is 1. The van der Waals surface area contributed by atoms with Gasteiger partial charge in [0.2, 0.25) is 0 Å². The molecule has 1 aromatic heterocycles. The number of H-pyrrole nitrogens is 1. The number of hydrogen-bond acceptors (Lipinski definition) is 5. The Kier molecular flexibility index (Phi) is 5.92. The number of aromatic amines is 1. The van der Waals surface area contributed by atoms with Gasteiger partial charge >= 0.3 is 0 Å². The maximum atomic E-state index is 12.2. The molecule has 0 radical (unpaired) electrons. The van der Waals surface area contributed by atoms with Gasteiger partial charge in [-0.25, -0.2) is 13.1 Å². The largest absolute Gasteiger partial charge is 0.313 e. The monoisotopic (exact) mass is 289 g/mol. The van der Waals surface area contributed by atoms with Crippen molar-refractivity contribution in [2.45, 2.75) is 25.4 Å². The van der Waals surface area contributed by atoms with Crippen LogP contribution in [0.3, 0.4) is 0 Å². The molecule has 0 spiro atoms. The predicted molar refractivity (Wildman–Crippen MR) is 74.4 cm³/mol. The summed E-state index contributed by atoms with van der Waals surface area (Å²) in [5.74, 6) is 0. The minimum atomic E-state index is -3.56. The number of nitrogens with one attached hydrogen (secondary N) is 3. The molecule has 0 bridgehead atoms. The SMILES string of the molecule is CCNCc1c(S(=O)(=O)NCCN(C)C)n[nH]c1C. The lowest BCUT2D eigenvalue weighted by atomic mass is 10.2. The van der Waals surface area contributed by atoms with Gasteiger partial charge in [-0.2, -0.15) is 5.10 Å². The minimum Gasteiger partial charge on any atom is -0.313 e. The van der Waals surface area contributed by atoms with E-state index < -0.39 is 10.0 Å². The van der Waals surface area contributed by atoms with Crippen molar-refractivity contribution >= 4 is 10.0 Å². The third-order valence-corrected chi connectivity index (χ3v) is 4.12. The zero-order chi connectivity index (χ0) is 14.5. The van der Waals surface area contributed by atoms with Gasteiger partial charge in [-0.3, -0.25) is 5.10 Å². The molecule has 0 amide bonds. The van der Waals surface area contributed by atoms with E-state index in [1.165, 1.54) is 0 Å². The van der Waals surface area contributed by atoms with Gasteiger partial charge in [0.25, 0.3) is 10.0 Å². The first-order valence-corrected chi connectivity index (χ1v) is 7.75. The van der Waals surface area contributed by atoms with Gasteiger partial charge in [0.15, 0.2) is 5.03 Å². The number of aryl methyl sites for hydroxylation is 1. The van der Waals surface area contributed by atoms with Gasteiger partial charge < -0.3 is 10.2 Å². The summed E-state index contributed by atoms with van der Waals surface area (Å²) in [5.41, 5.74) is 1.47. The first-order chi connectivity index (χ1) is 8.88. The molecule has 0 fully saturated rings. The van der Waals surface area contributed by atoms with Gasteiger partial charge in [0, 0.05) is 30.9 Å². The van der Waals surface area contributed by atoms with Gasteiger partial charge in [0.05, 0.1) is 0 Å². The minimum absolute atomic E-state index is 0.0877. The maximum Gasteiger partial charge on any atom is 0.260 e. The molecular formula is C11H23N5O2S. The molecule has 8 heteroatoms. The maximum absolute atomic E-state index is 12.2. The highest BCUT2D eigenvalue weighted by Crippen LogP contribution is 2.15. The standard InChI is InChI=1S/C11H23N5O2S/c1-5-12-8-10-9(2)14-15-11(10)19(17,18)13-6-7-16(3)4/h12-13H,5-8H2,1-4H3,(H,14,15). The molecule has 1 rings (SSSR count). The van der Waals surface area contributed by atoms with Crippen LogP contribution in [-0.4, -0.2) is 57.2 Å². The summed E-state index contributed by atoms with van der Waals surface area (Å²) in [7, 11) is 0.230. The van der Waals surface area contributed by atoms with E-state index in [0.717, 1.165) is 12.2 Å². The molecule has 0 saturated heterocycles. The summed E-state index contributed by atoms with van der Waals surface area (Å²) in [6, 6.07) is 0. The number of nitrogens with zero attached hydrogens (tertiary/aromatic N) is 2. The van der Waals surface area contributed by atoms with Crippen LogP contribution in [0.15, 0.2) is 5.03 Å². The van der Waals surface area contributed by atoms with Crippen molar-refractivity contribution in [3.05, 3.63) is 11.3 Å². The van der Waals surface area contributed by atoms with Crippen LogP contribution < -0.4 is 10.0 Å². The van der Waals surface area contributed by atoms with Crippen LogP contribution in [0.4, 0.5) is 0 Å². The van der Waals surface area contributed by atoms with E-state index >= 15 is 0 Å². The number of rotatable bonds is 8. The lowest BCUT2D eigenvalue weighted by molar-refractivity contribution is 0.412. The van der Waals surface area contributed by atoms with Crippen LogP contribution in [0, 0.1) is 6.92 Å². The Morgan fingerprint density at radius 3 is 2.63 bits per heavy atom. The Labute approximate surface area is 114 Å². The molecule has 110 valence electrons. The molecule has 1 heterocycles. The number of sulfonamides is 1. The van der Waals surface area contributed by atoms with Crippen molar-refractivity contribution in [3.63, 3.8) is 0 Å². The molecular weight excluding hydrogens is 266 g/mol. The highest BCUT2D eigenvalue weighted by atomic mass is 32.2. The molecule has 0 aliphatic rings. The van der Waals surface area contributed by atoms with Crippen LogP contribution in [0.2, 0.25) is 0 Å². The second kappa shape index (κ2) is 6.99. The Bertz CT molecular complexity index is 495. The van der Waals surface area contributed by atoms with Gasteiger partial charge in [-0.15, -0.1) is 0 Å². The van der Waals surface area contributed by atoms with E-state index in [2.05, 4.69) is 20.2 Å². The van der Waals surface area contributed by atoms with Gasteiger partial charge in [0.1, 0.15) is 0 Å². The Balaban J connectivity index is 2.82. The second-order valence-corrected chi connectivity index (χ2v) is 6.30.